The quantitative estimate of drug-likeness (QED) is 0.874. The molecule has 1 aliphatic rings. The van der Waals surface area contributed by atoms with Crippen LogP contribution in [0.1, 0.15) is 18.4 Å². The van der Waals surface area contributed by atoms with Crippen molar-refractivity contribution in [3.05, 3.63) is 48.0 Å². The normalized spacial score (nSPS) is 15.1. The smallest absolute Gasteiger partial charge is 0.129 e. The molecule has 1 aromatic carbocycles. The molecule has 0 spiro atoms. The predicted molar refractivity (Wildman–Crippen MR) is 63.4 cm³/mol. The number of aromatic nitrogens is 2. The van der Waals surface area contributed by atoms with Crippen LogP contribution in [0.5, 0.6) is 0 Å². The number of hydrogen-bond donors (Lipinski definition) is 1. The number of halogens is 1. The van der Waals surface area contributed by atoms with E-state index in [1.54, 1.807) is 16.9 Å². The fourth-order valence-corrected chi connectivity index (χ4v) is 1.88. The van der Waals surface area contributed by atoms with Crippen molar-refractivity contribution in [3.8, 4) is 5.69 Å². The van der Waals surface area contributed by atoms with E-state index in [1.807, 2.05) is 18.3 Å². The molecule has 1 saturated carbocycles. The summed E-state index contributed by atoms with van der Waals surface area (Å²) in [4.78, 5) is 0. The Hall–Kier alpha value is -1.68. The first-order valence-corrected chi connectivity index (χ1v) is 5.85. The van der Waals surface area contributed by atoms with Gasteiger partial charge in [-0.3, -0.25) is 0 Å². The van der Waals surface area contributed by atoms with Crippen molar-refractivity contribution in [2.45, 2.75) is 25.4 Å². The van der Waals surface area contributed by atoms with Gasteiger partial charge in [-0.2, -0.15) is 5.10 Å². The van der Waals surface area contributed by atoms with Gasteiger partial charge in [-0.15, -0.1) is 0 Å². The average Bonchev–Trinajstić information content (AvgIpc) is 3.00. The van der Waals surface area contributed by atoms with Crippen molar-refractivity contribution in [1.82, 2.24) is 15.1 Å². The summed E-state index contributed by atoms with van der Waals surface area (Å²) < 4.78 is 15.5. The van der Waals surface area contributed by atoms with Crippen LogP contribution < -0.4 is 5.32 Å². The largest absolute Gasteiger partial charge is 0.310 e. The molecule has 2 aromatic rings. The second kappa shape index (κ2) is 4.30. The standard InChI is InChI=1S/C13H14FN3/c14-12-3-1-4-13(17-8-2-7-16-17)11(12)9-15-10-5-6-10/h1-4,7-8,10,15H,5-6,9H2. The number of benzene rings is 1. The van der Waals surface area contributed by atoms with Crippen LogP contribution in [0.2, 0.25) is 0 Å². The monoisotopic (exact) mass is 231 g/mol. The molecule has 1 heterocycles. The van der Waals surface area contributed by atoms with Crippen molar-refractivity contribution < 1.29 is 4.39 Å². The Morgan fingerprint density at radius 2 is 2.24 bits per heavy atom. The summed E-state index contributed by atoms with van der Waals surface area (Å²) in [7, 11) is 0. The lowest BCUT2D eigenvalue weighted by Crippen LogP contribution is -2.18. The maximum atomic E-state index is 13.8. The Balaban J connectivity index is 1.92. The highest BCUT2D eigenvalue weighted by atomic mass is 19.1. The highest BCUT2D eigenvalue weighted by molar-refractivity contribution is 5.41. The maximum absolute atomic E-state index is 13.8. The van der Waals surface area contributed by atoms with Crippen LogP contribution in [0.3, 0.4) is 0 Å². The van der Waals surface area contributed by atoms with E-state index < -0.39 is 0 Å². The molecule has 3 nitrogen and oxygen atoms in total. The molecule has 0 saturated heterocycles. The maximum Gasteiger partial charge on any atom is 0.129 e. The molecule has 3 rings (SSSR count). The van der Waals surface area contributed by atoms with Gasteiger partial charge < -0.3 is 5.32 Å². The van der Waals surface area contributed by atoms with Gasteiger partial charge in [0, 0.05) is 30.5 Å². The third kappa shape index (κ3) is 2.22. The summed E-state index contributed by atoms with van der Waals surface area (Å²) in [6.07, 6.45) is 5.93. The minimum absolute atomic E-state index is 0.175. The zero-order valence-electron chi connectivity index (χ0n) is 9.44. The average molecular weight is 231 g/mol. The van der Waals surface area contributed by atoms with Crippen molar-refractivity contribution >= 4 is 0 Å². The first kappa shape index (κ1) is 10.5. The van der Waals surface area contributed by atoms with Crippen LogP contribution >= 0.6 is 0 Å². The second-order valence-corrected chi connectivity index (χ2v) is 4.34. The van der Waals surface area contributed by atoms with Gasteiger partial charge in [-0.1, -0.05) is 6.07 Å². The van der Waals surface area contributed by atoms with Gasteiger partial charge in [0.25, 0.3) is 0 Å². The zero-order valence-corrected chi connectivity index (χ0v) is 9.44. The van der Waals surface area contributed by atoms with E-state index in [0.717, 1.165) is 5.69 Å². The van der Waals surface area contributed by atoms with Gasteiger partial charge in [0.1, 0.15) is 5.82 Å². The van der Waals surface area contributed by atoms with Gasteiger partial charge in [-0.05, 0) is 31.0 Å². The van der Waals surface area contributed by atoms with Crippen LogP contribution in [0, 0.1) is 5.82 Å². The highest BCUT2D eigenvalue weighted by Gasteiger charge is 2.21. The fraction of sp³-hybridized carbons (Fsp3) is 0.308. The lowest BCUT2D eigenvalue weighted by Gasteiger charge is -2.11. The van der Waals surface area contributed by atoms with Crippen molar-refractivity contribution in [2.75, 3.05) is 0 Å². The van der Waals surface area contributed by atoms with E-state index in [9.17, 15) is 4.39 Å². The minimum atomic E-state index is -0.175. The van der Waals surface area contributed by atoms with E-state index in [2.05, 4.69) is 10.4 Å². The van der Waals surface area contributed by atoms with Crippen LogP contribution in [-0.2, 0) is 6.54 Å². The zero-order chi connectivity index (χ0) is 11.7. The van der Waals surface area contributed by atoms with Crippen LogP contribution in [0.25, 0.3) is 5.69 Å². The lowest BCUT2D eigenvalue weighted by atomic mass is 10.1. The number of nitrogens with zero attached hydrogens (tertiary/aromatic N) is 2. The number of hydrogen-bond acceptors (Lipinski definition) is 2. The Kier molecular flexibility index (Phi) is 2.65. The molecule has 1 aromatic heterocycles. The van der Waals surface area contributed by atoms with Crippen molar-refractivity contribution in [2.24, 2.45) is 0 Å². The van der Waals surface area contributed by atoms with Crippen LogP contribution in [-0.4, -0.2) is 15.8 Å². The number of nitrogens with one attached hydrogen (secondary N) is 1. The lowest BCUT2D eigenvalue weighted by molar-refractivity contribution is 0.582. The van der Waals surface area contributed by atoms with Crippen LogP contribution in [0.15, 0.2) is 36.7 Å². The van der Waals surface area contributed by atoms with Crippen LogP contribution in [0.4, 0.5) is 4.39 Å². The topological polar surface area (TPSA) is 29.9 Å². The summed E-state index contributed by atoms with van der Waals surface area (Å²) in [5.74, 6) is -0.175. The van der Waals surface area contributed by atoms with E-state index >= 15 is 0 Å². The van der Waals surface area contributed by atoms with Gasteiger partial charge >= 0.3 is 0 Å². The third-order valence-corrected chi connectivity index (χ3v) is 2.99. The molecule has 0 bridgehead atoms. The first-order chi connectivity index (χ1) is 8.34. The summed E-state index contributed by atoms with van der Waals surface area (Å²) >= 11 is 0. The molecule has 1 N–H and O–H groups in total. The van der Waals surface area contributed by atoms with Gasteiger partial charge in [0.15, 0.2) is 0 Å². The highest BCUT2D eigenvalue weighted by Crippen LogP contribution is 2.22. The predicted octanol–water partition coefficient (Wildman–Crippen LogP) is 2.26. The fourth-order valence-electron chi connectivity index (χ4n) is 1.88. The van der Waals surface area contributed by atoms with Gasteiger partial charge in [0.05, 0.1) is 5.69 Å². The van der Waals surface area contributed by atoms with E-state index in [4.69, 9.17) is 0 Å². The molecular weight excluding hydrogens is 217 g/mol. The molecule has 0 radical (unpaired) electrons. The SMILES string of the molecule is Fc1cccc(-n2cccn2)c1CNC1CC1. The van der Waals surface area contributed by atoms with E-state index in [0.29, 0.717) is 18.2 Å². The molecule has 1 aliphatic carbocycles. The molecule has 4 heteroatoms. The Morgan fingerprint density at radius 1 is 1.35 bits per heavy atom. The summed E-state index contributed by atoms with van der Waals surface area (Å²) in [6.45, 7) is 0.562. The minimum Gasteiger partial charge on any atom is -0.310 e. The summed E-state index contributed by atoms with van der Waals surface area (Å²) in [6, 6.07) is 7.51. The van der Waals surface area contributed by atoms with E-state index in [1.165, 1.54) is 18.9 Å². The summed E-state index contributed by atoms with van der Waals surface area (Å²) in [5.41, 5.74) is 1.49. The first-order valence-electron chi connectivity index (χ1n) is 5.85. The molecular formula is C13H14FN3. The second-order valence-electron chi connectivity index (χ2n) is 4.34. The molecule has 88 valence electrons. The van der Waals surface area contributed by atoms with Gasteiger partial charge in [0.2, 0.25) is 0 Å². The molecule has 1 fully saturated rings. The molecule has 0 atom stereocenters. The molecule has 17 heavy (non-hydrogen) atoms. The Bertz CT molecular complexity index is 503. The van der Waals surface area contributed by atoms with Gasteiger partial charge in [-0.25, -0.2) is 9.07 Å². The van der Waals surface area contributed by atoms with E-state index in [-0.39, 0.29) is 5.82 Å². The molecule has 0 amide bonds. The molecule has 0 aliphatic heterocycles. The summed E-state index contributed by atoms with van der Waals surface area (Å²) in [5, 5.41) is 7.49. The van der Waals surface area contributed by atoms with Crippen molar-refractivity contribution in [3.63, 3.8) is 0 Å². The Labute approximate surface area is 99.3 Å². The Morgan fingerprint density at radius 3 is 2.94 bits per heavy atom. The van der Waals surface area contributed by atoms with Crippen molar-refractivity contribution in [1.29, 1.82) is 0 Å². The third-order valence-electron chi connectivity index (χ3n) is 2.99. The molecule has 0 unspecified atom stereocenters. The number of rotatable bonds is 4.